The minimum Gasteiger partial charge on any atom is -0.480 e. The highest BCUT2D eigenvalue weighted by Crippen LogP contribution is 2.36. The summed E-state index contributed by atoms with van der Waals surface area (Å²) < 4.78 is 0. The standard InChI is InChI=1S/C11H10N4O4S/c16-11(17)7-2-1-3-14(7)9-6-4-8(15(18)19)20-10(6)13-5-12-9/h4-5,7H,1-3H2,(H,16,17). The van der Waals surface area contributed by atoms with Crippen molar-refractivity contribution in [3.05, 3.63) is 22.5 Å². The molecular formula is C11H10N4O4S. The van der Waals surface area contributed by atoms with Crippen molar-refractivity contribution in [1.82, 2.24) is 9.97 Å². The van der Waals surface area contributed by atoms with Gasteiger partial charge in [0.15, 0.2) is 0 Å². The van der Waals surface area contributed by atoms with Gasteiger partial charge in [-0.15, -0.1) is 0 Å². The smallest absolute Gasteiger partial charge is 0.326 e. The van der Waals surface area contributed by atoms with Crippen LogP contribution in [0.15, 0.2) is 12.4 Å². The Bertz CT molecular complexity index is 701. The van der Waals surface area contributed by atoms with Crippen LogP contribution in [0.25, 0.3) is 10.2 Å². The summed E-state index contributed by atoms with van der Waals surface area (Å²) in [5, 5.41) is 20.6. The first kappa shape index (κ1) is 12.7. The number of carbonyl (C=O) groups is 1. The zero-order valence-corrected chi connectivity index (χ0v) is 11.0. The van der Waals surface area contributed by atoms with E-state index in [9.17, 15) is 20.0 Å². The van der Waals surface area contributed by atoms with E-state index in [2.05, 4.69) is 9.97 Å². The lowest BCUT2D eigenvalue weighted by Gasteiger charge is -2.22. The molecule has 0 aliphatic carbocycles. The lowest BCUT2D eigenvalue weighted by atomic mass is 10.2. The van der Waals surface area contributed by atoms with E-state index in [1.54, 1.807) is 4.90 Å². The number of nitrogens with zero attached hydrogens (tertiary/aromatic N) is 4. The summed E-state index contributed by atoms with van der Waals surface area (Å²) in [6, 6.07) is 0.777. The molecule has 1 saturated heterocycles. The minimum atomic E-state index is -0.904. The number of hydrogen-bond donors (Lipinski definition) is 1. The van der Waals surface area contributed by atoms with Crippen molar-refractivity contribution in [1.29, 1.82) is 0 Å². The Morgan fingerprint density at radius 2 is 2.35 bits per heavy atom. The van der Waals surface area contributed by atoms with Crippen molar-refractivity contribution in [2.45, 2.75) is 18.9 Å². The Labute approximate surface area is 116 Å². The number of carboxylic acid groups (broad SMARTS) is 1. The highest BCUT2D eigenvalue weighted by molar-refractivity contribution is 7.21. The van der Waals surface area contributed by atoms with E-state index in [1.807, 2.05) is 0 Å². The number of nitro groups is 1. The number of aliphatic carboxylic acids is 1. The Kier molecular flexibility index (Phi) is 2.97. The zero-order chi connectivity index (χ0) is 14.3. The molecule has 2 aromatic heterocycles. The molecule has 20 heavy (non-hydrogen) atoms. The largest absolute Gasteiger partial charge is 0.480 e. The maximum absolute atomic E-state index is 11.2. The van der Waals surface area contributed by atoms with Gasteiger partial charge in [0, 0.05) is 12.6 Å². The van der Waals surface area contributed by atoms with Crippen LogP contribution in [0.3, 0.4) is 0 Å². The van der Waals surface area contributed by atoms with Gasteiger partial charge in [0.05, 0.1) is 10.3 Å². The van der Waals surface area contributed by atoms with Crippen LogP contribution in [-0.4, -0.2) is 38.6 Å². The number of carboxylic acids is 1. The highest BCUT2D eigenvalue weighted by atomic mass is 32.1. The fourth-order valence-corrected chi connectivity index (χ4v) is 3.24. The molecule has 1 atom stereocenters. The van der Waals surface area contributed by atoms with Crippen LogP contribution < -0.4 is 4.90 Å². The van der Waals surface area contributed by atoms with Gasteiger partial charge in [-0.05, 0) is 24.2 Å². The quantitative estimate of drug-likeness (QED) is 0.677. The van der Waals surface area contributed by atoms with Gasteiger partial charge in [-0.25, -0.2) is 14.8 Å². The third kappa shape index (κ3) is 1.95. The van der Waals surface area contributed by atoms with E-state index >= 15 is 0 Å². The van der Waals surface area contributed by atoms with Gasteiger partial charge in [-0.1, -0.05) is 0 Å². The molecule has 0 aromatic carbocycles. The van der Waals surface area contributed by atoms with Gasteiger partial charge in [0.25, 0.3) is 0 Å². The Hall–Kier alpha value is -2.29. The summed E-state index contributed by atoms with van der Waals surface area (Å²) in [5.74, 6) is -0.441. The number of thiophene rings is 1. The zero-order valence-electron chi connectivity index (χ0n) is 10.2. The molecular weight excluding hydrogens is 284 g/mol. The van der Waals surface area contributed by atoms with E-state index < -0.39 is 16.9 Å². The molecule has 3 heterocycles. The van der Waals surface area contributed by atoms with Gasteiger partial charge < -0.3 is 10.0 Å². The summed E-state index contributed by atoms with van der Waals surface area (Å²) in [6.07, 6.45) is 2.62. The number of fused-ring (bicyclic) bond motifs is 1. The molecule has 1 aliphatic rings. The van der Waals surface area contributed by atoms with Crippen molar-refractivity contribution >= 4 is 38.3 Å². The molecule has 3 rings (SSSR count). The molecule has 0 amide bonds. The molecule has 1 fully saturated rings. The molecule has 8 nitrogen and oxygen atoms in total. The second-order valence-electron chi connectivity index (χ2n) is 4.45. The molecule has 9 heteroatoms. The monoisotopic (exact) mass is 294 g/mol. The van der Waals surface area contributed by atoms with Crippen LogP contribution in [0.1, 0.15) is 12.8 Å². The van der Waals surface area contributed by atoms with Crippen LogP contribution in [0.4, 0.5) is 10.8 Å². The van der Waals surface area contributed by atoms with Gasteiger partial charge in [-0.2, -0.15) is 0 Å². The molecule has 1 unspecified atom stereocenters. The number of hydrogen-bond acceptors (Lipinski definition) is 7. The topological polar surface area (TPSA) is 109 Å². The molecule has 104 valence electrons. The van der Waals surface area contributed by atoms with Gasteiger partial charge in [-0.3, -0.25) is 10.1 Å². The van der Waals surface area contributed by atoms with Gasteiger partial charge in [0.1, 0.15) is 23.0 Å². The van der Waals surface area contributed by atoms with Crippen molar-refractivity contribution < 1.29 is 14.8 Å². The lowest BCUT2D eigenvalue weighted by molar-refractivity contribution is -0.380. The van der Waals surface area contributed by atoms with Crippen LogP contribution in [0.5, 0.6) is 0 Å². The second kappa shape index (κ2) is 4.67. The molecule has 1 N–H and O–H groups in total. The van der Waals surface area contributed by atoms with E-state index in [0.29, 0.717) is 29.0 Å². The summed E-state index contributed by atoms with van der Waals surface area (Å²) in [4.78, 5) is 31.9. The first-order valence-corrected chi connectivity index (χ1v) is 6.78. The summed E-state index contributed by atoms with van der Waals surface area (Å²) in [7, 11) is 0. The summed E-state index contributed by atoms with van der Waals surface area (Å²) >= 11 is 0.964. The molecule has 2 aromatic rings. The Balaban J connectivity index is 2.11. The van der Waals surface area contributed by atoms with Gasteiger partial charge >= 0.3 is 11.0 Å². The number of aromatic nitrogens is 2. The Morgan fingerprint density at radius 1 is 1.55 bits per heavy atom. The third-order valence-electron chi connectivity index (χ3n) is 3.29. The molecule has 0 saturated carbocycles. The van der Waals surface area contributed by atoms with Crippen LogP contribution >= 0.6 is 11.3 Å². The van der Waals surface area contributed by atoms with Crippen LogP contribution in [-0.2, 0) is 4.79 Å². The van der Waals surface area contributed by atoms with E-state index in [4.69, 9.17) is 0 Å². The maximum Gasteiger partial charge on any atom is 0.326 e. The number of anilines is 1. The first-order chi connectivity index (χ1) is 9.58. The van der Waals surface area contributed by atoms with Crippen LogP contribution in [0.2, 0.25) is 0 Å². The Morgan fingerprint density at radius 3 is 3.05 bits per heavy atom. The van der Waals surface area contributed by atoms with Gasteiger partial charge in [0.2, 0.25) is 0 Å². The molecule has 0 radical (unpaired) electrons. The maximum atomic E-state index is 11.2. The van der Waals surface area contributed by atoms with Crippen molar-refractivity contribution in [3.8, 4) is 0 Å². The average Bonchev–Trinajstić information content (AvgIpc) is 3.04. The van der Waals surface area contributed by atoms with Crippen LogP contribution in [0, 0.1) is 10.1 Å². The van der Waals surface area contributed by atoms with Crippen molar-refractivity contribution in [2.75, 3.05) is 11.4 Å². The third-order valence-corrected chi connectivity index (χ3v) is 4.28. The summed E-state index contributed by atoms with van der Waals surface area (Å²) in [6.45, 7) is 0.576. The van der Waals surface area contributed by atoms with Crippen molar-refractivity contribution in [3.63, 3.8) is 0 Å². The van der Waals surface area contributed by atoms with Crippen molar-refractivity contribution in [2.24, 2.45) is 0 Å². The predicted molar refractivity (Wildman–Crippen MR) is 72.1 cm³/mol. The second-order valence-corrected chi connectivity index (χ2v) is 5.46. The van der Waals surface area contributed by atoms with E-state index in [0.717, 1.165) is 17.8 Å². The highest BCUT2D eigenvalue weighted by Gasteiger charge is 2.33. The fraction of sp³-hybridized carbons (Fsp3) is 0.364. The molecule has 0 spiro atoms. The molecule has 1 aliphatic heterocycles. The average molecular weight is 294 g/mol. The minimum absolute atomic E-state index is 0.0205. The summed E-state index contributed by atoms with van der Waals surface area (Å²) in [5.41, 5.74) is 0. The van der Waals surface area contributed by atoms with E-state index in [1.165, 1.54) is 12.4 Å². The van der Waals surface area contributed by atoms with E-state index in [-0.39, 0.29) is 5.00 Å². The lowest BCUT2D eigenvalue weighted by Crippen LogP contribution is -2.36. The predicted octanol–water partition coefficient (Wildman–Crippen LogP) is 1.65. The normalized spacial score (nSPS) is 18.6. The first-order valence-electron chi connectivity index (χ1n) is 5.96. The molecule has 0 bridgehead atoms. The fourth-order valence-electron chi connectivity index (χ4n) is 2.43. The number of rotatable bonds is 3. The SMILES string of the molecule is O=C(O)C1CCCN1c1ncnc2sc([N+](=O)[O-])cc12.